The first-order chi connectivity index (χ1) is 16.5. The Bertz CT molecular complexity index is 946. The summed E-state index contributed by atoms with van der Waals surface area (Å²) >= 11 is 0. The zero-order valence-electron chi connectivity index (χ0n) is 19.2. The summed E-state index contributed by atoms with van der Waals surface area (Å²) in [5, 5.41) is 0. The molecule has 180 valence electrons. The first-order valence-electron chi connectivity index (χ1n) is 11.1. The Labute approximate surface area is 200 Å². The van der Waals surface area contributed by atoms with Crippen LogP contribution in [-0.4, -0.2) is 37.7 Å². The molecule has 0 aromatic heterocycles. The van der Waals surface area contributed by atoms with Crippen LogP contribution in [0.4, 0.5) is 0 Å². The summed E-state index contributed by atoms with van der Waals surface area (Å²) in [5.41, 5.74) is 1.37. The van der Waals surface area contributed by atoms with E-state index >= 15 is 0 Å². The molecule has 2 aromatic rings. The fourth-order valence-electron chi connectivity index (χ4n) is 2.89. The quantitative estimate of drug-likeness (QED) is 0.161. The molecule has 0 amide bonds. The predicted molar refractivity (Wildman–Crippen MR) is 128 cm³/mol. The number of unbranched alkanes of at least 4 members (excludes halogenated alkanes) is 3. The van der Waals surface area contributed by atoms with E-state index in [4.69, 9.17) is 18.9 Å². The lowest BCUT2D eigenvalue weighted by Crippen LogP contribution is -2.08. The van der Waals surface area contributed by atoms with Gasteiger partial charge in [0.05, 0.1) is 25.4 Å². The summed E-state index contributed by atoms with van der Waals surface area (Å²) in [5.74, 6) is -0.206. The first kappa shape index (κ1) is 26.4. The van der Waals surface area contributed by atoms with Crippen molar-refractivity contribution < 1.29 is 33.3 Å². The van der Waals surface area contributed by atoms with Crippen LogP contribution in [0, 0.1) is 0 Å². The molecule has 2 aromatic carbocycles. The SMILES string of the molecule is C=CC(=O)OCCCCCCOc1ccc(C(=O)Oc2ccc(CCOC(=O)C=C)cc2)cc1. The minimum absolute atomic E-state index is 0.256. The number of carbonyl (C=O) groups excluding carboxylic acids is 3. The van der Waals surface area contributed by atoms with Crippen molar-refractivity contribution in [2.75, 3.05) is 19.8 Å². The number of hydrogen-bond donors (Lipinski definition) is 0. The van der Waals surface area contributed by atoms with Gasteiger partial charge in [-0.05, 0) is 67.6 Å². The molecule has 0 spiro atoms. The van der Waals surface area contributed by atoms with Gasteiger partial charge in [0.15, 0.2) is 0 Å². The minimum atomic E-state index is -0.462. The van der Waals surface area contributed by atoms with E-state index in [2.05, 4.69) is 13.2 Å². The van der Waals surface area contributed by atoms with Gasteiger partial charge >= 0.3 is 17.9 Å². The van der Waals surface area contributed by atoms with Crippen LogP contribution in [0.5, 0.6) is 11.5 Å². The molecule has 0 aliphatic heterocycles. The molecule has 0 aliphatic carbocycles. The molecule has 0 heterocycles. The third-order valence-electron chi connectivity index (χ3n) is 4.74. The Balaban J connectivity index is 1.66. The molecular formula is C27H30O7. The highest BCUT2D eigenvalue weighted by molar-refractivity contribution is 5.91. The van der Waals surface area contributed by atoms with Crippen LogP contribution in [0.3, 0.4) is 0 Å². The summed E-state index contributed by atoms with van der Waals surface area (Å²) in [4.78, 5) is 34.3. The van der Waals surface area contributed by atoms with E-state index in [0.29, 0.717) is 36.7 Å². The van der Waals surface area contributed by atoms with Crippen LogP contribution < -0.4 is 9.47 Å². The second kappa shape index (κ2) is 15.1. The highest BCUT2D eigenvalue weighted by Crippen LogP contribution is 2.17. The maximum Gasteiger partial charge on any atom is 0.343 e. The van der Waals surface area contributed by atoms with Crippen molar-refractivity contribution in [2.45, 2.75) is 32.1 Å². The molecule has 0 aliphatic rings. The van der Waals surface area contributed by atoms with Gasteiger partial charge in [-0.3, -0.25) is 0 Å². The number of benzene rings is 2. The van der Waals surface area contributed by atoms with Crippen molar-refractivity contribution >= 4 is 17.9 Å². The highest BCUT2D eigenvalue weighted by Gasteiger charge is 2.09. The Morgan fingerprint density at radius 3 is 1.85 bits per heavy atom. The van der Waals surface area contributed by atoms with E-state index < -0.39 is 17.9 Å². The largest absolute Gasteiger partial charge is 0.494 e. The molecule has 7 heteroatoms. The van der Waals surface area contributed by atoms with Gasteiger partial charge in [-0.25, -0.2) is 14.4 Å². The van der Waals surface area contributed by atoms with Crippen molar-refractivity contribution in [1.82, 2.24) is 0 Å². The summed E-state index contributed by atoms with van der Waals surface area (Å²) in [6.45, 7) is 7.92. The number of rotatable bonds is 15. The third kappa shape index (κ3) is 10.2. The lowest BCUT2D eigenvalue weighted by atomic mass is 10.1. The van der Waals surface area contributed by atoms with E-state index in [9.17, 15) is 14.4 Å². The minimum Gasteiger partial charge on any atom is -0.494 e. The van der Waals surface area contributed by atoms with Gasteiger partial charge in [0, 0.05) is 18.6 Å². The normalized spacial score (nSPS) is 10.1. The Morgan fingerprint density at radius 2 is 1.24 bits per heavy atom. The van der Waals surface area contributed by atoms with Crippen molar-refractivity contribution in [2.24, 2.45) is 0 Å². The number of ether oxygens (including phenoxy) is 4. The monoisotopic (exact) mass is 466 g/mol. The summed E-state index contributed by atoms with van der Waals surface area (Å²) in [7, 11) is 0. The van der Waals surface area contributed by atoms with Gasteiger partial charge in [-0.2, -0.15) is 0 Å². The van der Waals surface area contributed by atoms with Crippen molar-refractivity contribution in [3.8, 4) is 11.5 Å². The van der Waals surface area contributed by atoms with Crippen LogP contribution in [0.1, 0.15) is 41.6 Å². The Morgan fingerprint density at radius 1 is 0.676 bits per heavy atom. The van der Waals surface area contributed by atoms with Crippen molar-refractivity contribution in [1.29, 1.82) is 0 Å². The van der Waals surface area contributed by atoms with Gasteiger partial charge in [-0.1, -0.05) is 25.3 Å². The third-order valence-corrected chi connectivity index (χ3v) is 4.74. The van der Waals surface area contributed by atoms with Crippen molar-refractivity contribution in [3.63, 3.8) is 0 Å². The average Bonchev–Trinajstić information content (AvgIpc) is 2.86. The van der Waals surface area contributed by atoms with Gasteiger partial charge in [0.25, 0.3) is 0 Å². The molecule has 0 atom stereocenters. The zero-order valence-corrected chi connectivity index (χ0v) is 19.2. The zero-order chi connectivity index (χ0) is 24.6. The molecule has 0 saturated carbocycles. The van der Waals surface area contributed by atoms with Gasteiger partial charge in [-0.15, -0.1) is 0 Å². The molecule has 0 N–H and O–H groups in total. The van der Waals surface area contributed by atoms with E-state index in [-0.39, 0.29) is 6.61 Å². The molecule has 2 rings (SSSR count). The van der Waals surface area contributed by atoms with Gasteiger partial charge in [0.2, 0.25) is 0 Å². The average molecular weight is 467 g/mol. The maximum atomic E-state index is 12.4. The van der Waals surface area contributed by atoms with Crippen LogP contribution in [0.2, 0.25) is 0 Å². The van der Waals surface area contributed by atoms with Crippen LogP contribution in [0.25, 0.3) is 0 Å². The topological polar surface area (TPSA) is 88.1 Å². The molecule has 34 heavy (non-hydrogen) atoms. The molecule has 0 radical (unpaired) electrons. The lowest BCUT2D eigenvalue weighted by molar-refractivity contribution is -0.138. The van der Waals surface area contributed by atoms with E-state index in [1.54, 1.807) is 36.4 Å². The molecule has 0 saturated heterocycles. The predicted octanol–water partition coefficient (Wildman–Crippen LogP) is 4.85. The van der Waals surface area contributed by atoms with Crippen LogP contribution in [0.15, 0.2) is 73.8 Å². The fourth-order valence-corrected chi connectivity index (χ4v) is 2.89. The Hall–Kier alpha value is -3.87. The molecular weight excluding hydrogens is 436 g/mol. The van der Waals surface area contributed by atoms with Gasteiger partial charge < -0.3 is 18.9 Å². The van der Waals surface area contributed by atoms with Crippen LogP contribution >= 0.6 is 0 Å². The molecule has 0 fully saturated rings. The second-order valence-corrected chi connectivity index (χ2v) is 7.31. The maximum absolute atomic E-state index is 12.4. The standard InChI is InChI=1S/C27H30O7/c1-3-25(28)32-19-8-6-5-7-18-31-23-15-11-22(12-16-23)27(30)34-24-13-9-21(10-14-24)17-20-33-26(29)4-2/h3-4,9-16H,1-2,5-8,17-20H2. The molecule has 0 unspecified atom stereocenters. The number of hydrogen-bond acceptors (Lipinski definition) is 7. The molecule has 0 bridgehead atoms. The summed E-state index contributed by atoms with van der Waals surface area (Å²) in [6.07, 6.45) is 6.44. The van der Waals surface area contributed by atoms with Crippen molar-refractivity contribution in [3.05, 3.63) is 85.0 Å². The number of carbonyl (C=O) groups is 3. The van der Waals surface area contributed by atoms with E-state index in [0.717, 1.165) is 43.4 Å². The number of esters is 3. The second-order valence-electron chi connectivity index (χ2n) is 7.31. The van der Waals surface area contributed by atoms with E-state index in [1.165, 1.54) is 0 Å². The fraction of sp³-hybridized carbons (Fsp3) is 0.296. The summed E-state index contributed by atoms with van der Waals surface area (Å²) in [6, 6.07) is 13.8. The smallest absolute Gasteiger partial charge is 0.343 e. The van der Waals surface area contributed by atoms with Crippen LogP contribution in [-0.2, 0) is 25.5 Å². The molecule has 7 nitrogen and oxygen atoms in total. The van der Waals surface area contributed by atoms with E-state index in [1.807, 2.05) is 12.1 Å². The summed E-state index contributed by atoms with van der Waals surface area (Å²) < 4.78 is 21.0. The highest BCUT2D eigenvalue weighted by atomic mass is 16.5. The Kier molecular flexibility index (Phi) is 11.7. The van der Waals surface area contributed by atoms with Gasteiger partial charge in [0.1, 0.15) is 11.5 Å². The lowest BCUT2D eigenvalue weighted by Gasteiger charge is -2.08. The first-order valence-corrected chi connectivity index (χ1v) is 11.1.